The molecular weight excluding hydrogens is 506 g/mol. The van der Waals surface area contributed by atoms with E-state index < -0.39 is 5.91 Å². The Morgan fingerprint density at radius 1 is 1.14 bits per heavy atom. The molecule has 1 fully saturated rings. The van der Waals surface area contributed by atoms with E-state index in [2.05, 4.69) is 34.0 Å². The molecule has 0 spiro atoms. The van der Waals surface area contributed by atoms with Crippen LogP contribution in [-0.4, -0.2) is 49.6 Å². The fraction of sp³-hybridized carbons (Fsp3) is 0.607. The molecular formula is C28H48ClN5O2S. The van der Waals surface area contributed by atoms with Gasteiger partial charge < -0.3 is 21.8 Å². The molecule has 9 heteroatoms. The molecule has 1 aromatic heterocycles. The predicted molar refractivity (Wildman–Crippen MR) is 162 cm³/mol. The van der Waals surface area contributed by atoms with Gasteiger partial charge in [0.25, 0.3) is 5.91 Å². The number of nitrogens with one attached hydrogen (secondary N) is 2. The van der Waals surface area contributed by atoms with Crippen LogP contribution in [0.1, 0.15) is 92.9 Å². The fourth-order valence-electron chi connectivity index (χ4n) is 3.87. The zero-order valence-corrected chi connectivity index (χ0v) is 24.9. The zero-order chi connectivity index (χ0) is 28.1. The van der Waals surface area contributed by atoms with Crippen molar-refractivity contribution < 1.29 is 9.59 Å². The van der Waals surface area contributed by atoms with Gasteiger partial charge in [-0.15, -0.1) is 11.8 Å². The van der Waals surface area contributed by atoms with Crippen molar-refractivity contribution in [3.8, 4) is 0 Å². The van der Waals surface area contributed by atoms with E-state index in [1.54, 1.807) is 0 Å². The molecule has 1 saturated carbocycles. The van der Waals surface area contributed by atoms with E-state index in [-0.39, 0.29) is 0 Å². The Hall–Kier alpha value is -1.87. The Balaban J connectivity index is 0.000000507. The van der Waals surface area contributed by atoms with E-state index in [4.69, 9.17) is 17.3 Å². The van der Waals surface area contributed by atoms with Crippen LogP contribution in [0.15, 0.2) is 27.9 Å². The largest absolute Gasteiger partial charge is 0.364 e. The fourth-order valence-corrected chi connectivity index (χ4v) is 4.49. The van der Waals surface area contributed by atoms with Crippen LogP contribution in [-0.2, 0) is 11.2 Å². The number of aromatic nitrogens is 1. The first kappa shape index (κ1) is 35.1. The molecule has 37 heavy (non-hydrogen) atoms. The Kier molecular flexibility index (Phi) is 21.0. The lowest BCUT2D eigenvalue weighted by atomic mass is 9.95. The van der Waals surface area contributed by atoms with E-state index in [0.29, 0.717) is 10.7 Å². The maximum absolute atomic E-state index is 10.9. The predicted octanol–water partition coefficient (Wildman–Crippen LogP) is 6.04. The molecule has 1 aromatic rings. The number of aromatic amines is 1. The van der Waals surface area contributed by atoms with Crippen LogP contribution in [0.2, 0.25) is 0 Å². The van der Waals surface area contributed by atoms with Gasteiger partial charge in [0.05, 0.1) is 5.69 Å². The number of halogens is 1. The van der Waals surface area contributed by atoms with Crippen LogP contribution < -0.4 is 16.8 Å². The summed E-state index contributed by atoms with van der Waals surface area (Å²) in [7, 11) is 5.25. The van der Waals surface area contributed by atoms with Crippen LogP contribution in [0.5, 0.6) is 0 Å². The second kappa shape index (κ2) is 22.1. The first-order chi connectivity index (χ1) is 17.8. The normalized spacial score (nSPS) is 18.2. The lowest BCUT2D eigenvalue weighted by Crippen LogP contribution is -2.20. The maximum atomic E-state index is 10.9. The van der Waals surface area contributed by atoms with Crippen molar-refractivity contribution in [3.05, 3.63) is 39.8 Å². The first-order valence-electron chi connectivity index (χ1n) is 13.1. The number of nitrogens with two attached hydrogens (primary N) is 2. The Bertz CT molecular complexity index is 864. The molecule has 3 aliphatic carbocycles. The molecule has 6 N–H and O–H groups in total. The third-order valence-electron chi connectivity index (χ3n) is 5.81. The summed E-state index contributed by atoms with van der Waals surface area (Å²) < 4.78 is 0. The number of aryl methyl sites for hydroxylation is 1. The van der Waals surface area contributed by atoms with Gasteiger partial charge in [0.1, 0.15) is 0 Å². The number of carbonyl (C=O) groups is 2. The lowest BCUT2D eigenvalue weighted by Gasteiger charge is -2.15. The van der Waals surface area contributed by atoms with Crippen molar-refractivity contribution in [2.45, 2.75) is 77.6 Å². The Labute approximate surface area is 233 Å². The summed E-state index contributed by atoms with van der Waals surface area (Å²) in [6.45, 7) is 2.22. The summed E-state index contributed by atoms with van der Waals surface area (Å²) in [6.07, 6.45) is 20.6. The lowest BCUT2D eigenvalue weighted by molar-refractivity contribution is -0.111. The number of H-pyrrole nitrogens is 1. The highest BCUT2D eigenvalue weighted by molar-refractivity contribution is 8.15. The van der Waals surface area contributed by atoms with Crippen LogP contribution >= 0.6 is 23.4 Å². The van der Waals surface area contributed by atoms with Crippen LogP contribution in [0.25, 0.3) is 6.08 Å². The summed E-state index contributed by atoms with van der Waals surface area (Å²) in [5.74, 6) is 0.303. The molecule has 0 aliphatic heterocycles. The number of aldehydes is 1. The number of aliphatic imine (C=N–C) groups is 1. The van der Waals surface area contributed by atoms with Crippen molar-refractivity contribution in [1.29, 1.82) is 0 Å². The van der Waals surface area contributed by atoms with Crippen molar-refractivity contribution in [2.75, 3.05) is 27.4 Å². The average Bonchev–Trinajstić information content (AvgIpc) is 3.34. The molecule has 0 radical (unpaired) electrons. The second-order valence-corrected chi connectivity index (χ2v) is 10.3. The van der Waals surface area contributed by atoms with Gasteiger partial charge in [-0.25, -0.2) is 4.99 Å². The summed E-state index contributed by atoms with van der Waals surface area (Å²) in [5, 5.41) is 4.02. The third kappa shape index (κ3) is 15.9. The molecule has 7 nitrogen and oxygen atoms in total. The van der Waals surface area contributed by atoms with Gasteiger partial charge in [0, 0.05) is 16.4 Å². The van der Waals surface area contributed by atoms with Crippen molar-refractivity contribution in [2.24, 2.45) is 22.4 Å². The number of allylic oxidation sites excluding steroid dienone is 3. The molecule has 0 aromatic carbocycles. The Morgan fingerprint density at radius 2 is 1.70 bits per heavy atom. The van der Waals surface area contributed by atoms with Gasteiger partial charge in [-0.05, 0) is 83.1 Å². The number of hydrogen-bond donors (Lipinski definition) is 4. The third-order valence-corrected chi connectivity index (χ3v) is 6.78. The number of fused-ring (bicyclic) bond motifs is 1. The average molecular weight is 554 g/mol. The van der Waals surface area contributed by atoms with Gasteiger partial charge >= 0.3 is 0 Å². The van der Waals surface area contributed by atoms with E-state index in [1.165, 1.54) is 57.3 Å². The van der Waals surface area contributed by atoms with E-state index in [0.717, 1.165) is 66.3 Å². The highest BCUT2D eigenvalue weighted by atomic mass is 35.5. The minimum atomic E-state index is -0.433. The van der Waals surface area contributed by atoms with Gasteiger partial charge in [-0.1, -0.05) is 63.1 Å². The molecule has 210 valence electrons. The molecule has 0 saturated heterocycles. The monoisotopic (exact) mass is 553 g/mol. The smallest absolute Gasteiger partial charge is 0.273 e. The number of nitrogens with zero attached hydrogens (tertiary/aromatic N) is 1. The number of thioether (sulfide) groups is 1. The zero-order valence-electron chi connectivity index (χ0n) is 23.4. The van der Waals surface area contributed by atoms with Crippen LogP contribution in [0.4, 0.5) is 0 Å². The first-order valence-corrected chi connectivity index (χ1v) is 14.8. The minimum absolute atomic E-state index is 0.408. The maximum Gasteiger partial charge on any atom is 0.273 e. The molecule has 4 rings (SSSR count). The van der Waals surface area contributed by atoms with E-state index in [9.17, 15) is 9.59 Å². The minimum Gasteiger partial charge on any atom is -0.364 e. The molecule has 1 unspecified atom stereocenters. The number of carbonyl (C=O) groups excluding carboxylic acids is 2. The molecule has 1 atom stereocenters. The van der Waals surface area contributed by atoms with Crippen LogP contribution in [0.3, 0.4) is 0 Å². The van der Waals surface area contributed by atoms with E-state index in [1.807, 2.05) is 32.5 Å². The molecule has 1 heterocycles. The van der Waals surface area contributed by atoms with E-state index >= 15 is 0 Å². The summed E-state index contributed by atoms with van der Waals surface area (Å²) in [5.41, 5.74) is 13.5. The van der Waals surface area contributed by atoms with Gasteiger partial charge in [0.15, 0.2) is 11.3 Å². The molecule has 3 aliphatic rings. The summed E-state index contributed by atoms with van der Waals surface area (Å²) in [4.78, 5) is 28.6. The number of amides is 1. The van der Waals surface area contributed by atoms with Crippen molar-refractivity contribution >= 4 is 46.7 Å². The highest BCUT2D eigenvalue weighted by Crippen LogP contribution is 2.26. The van der Waals surface area contributed by atoms with Gasteiger partial charge in [0.2, 0.25) is 0 Å². The van der Waals surface area contributed by atoms with Gasteiger partial charge in [-0.3, -0.25) is 9.59 Å². The summed E-state index contributed by atoms with van der Waals surface area (Å²) in [6, 6.07) is 1.82. The molecule has 0 bridgehead atoms. The van der Waals surface area contributed by atoms with Gasteiger partial charge in [-0.2, -0.15) is 0 Å². The topological polar surface area (TPSA) is 126 Å². The highest BCUT2D eigenvalue weighted by Gasteiger charge is 2.12. The number of primary amides is 1. The quantitative estimate of drug-likeness (QED) is 0.202. The SMILES string of the molecule is C1CCCCC1.CN.CNC.CSC(=NC1=CCC(C)CC1)C(N)=O.O=Cc1cc2c([nH]1)CCC(Cl)=C2. The second-order valence-electron chi connectivity index (χ2n) is 9.05. The number of rotatable bonds is 2. The Morgan fingerprint density at radius 3 is 2.14 bits per heavy atom. The number of hydrogen-bond acceptors (Lipinski definition) is 6. The van der Waals surface area contributed by atoms with Crippen LogP contribution in [0, 0.1) is 5.92 Å². The standard InChI is InChI=1S/C10H16N2OS.C9H8ClNO.C6H12.C2H7N.CH5N/c1-7-3-5-8(6-4-7)12-10(14-2)9(11)13;10-7-1-2-9-6(3-7)4-8(5-12)11-9;1-2-4-6-5-3-1;1-3-2;1-2/h5,7H,3-4,6H2,1-2H3,(H2,11,13);3-5,11H,1-2H2;1-6H2;3H,1-2H3;2H2,1H3. The molecule has 1 amide bonds. The summed E-state index contributed by atoms with van der Waals surface area (Å²) >= 11 is 7.16. The van der Waals surface area contributed by atoms with Crippen molar-refractivity contribution in [3.63, 3.8) is 0 Å². The van der Waals surface area contributed by atoms with Crippen molar-refractivity contribution in [1.82, 2.24) is 10.3 Å².